The topological polar surface area (TPSA) is 77.4 Å². The van der Waals surface area contributed by atoms with Gasteiger partial charge < -0.3 is 5.32 Å². The second-order valence-corrected chi connectivity index (χ2v) is 5.31. The van der Waals surface area contributed by atoms with Crippen LogP contribution < -0.4 is 5.32 Å². The van der Waals surface area contributed by atoms with Gasteiger partial charge in [-0.25, -0.2) is 13.8 Å². The molecule has 0 aliphatic rings. The molecule has 2 N–H and O–H groups in total. The van der Waals surface area contributed by atoms with Crippen LogP contribution in [0.15, 0.2) is 29.6 Å². The maximum atomic E-state index is 13.7. The van der Waals surface area contributed by atoms with Crippen molar-refractivity contribution >= 4 is 17.0 Å². The van der Waals surface area contributed by atoms with E-state index in [4.69, 9.17) is 5.26 Å². The van der Waals surface area contributed by atoms with Crippen LogP contribution in [-0.4, -0.2) is 15.2 Å². The lowest BCUT2D eigenvalue weighted by molar-refractivity contribution is 0.587. The molecule has 0 aliphatic carbocycles. The largest absolute Gasteiger partial charge is 0.373 e. The summed E-state index contributed by atoms with van der Waals surface area (Å²) in [5, 5.41) is 19.9. The van der Waals surface area contributed by atoms with Crippen molar-refractivity contribution in [1.82, 2.24) is 15.2 Å². The Bertz CT molecular complexity index is 812. The minimum Gasteiger partial charge on any atom is -0.373 e. The van der Waals surface area contributed by atoms with E-state index in [1.165, 1.54) is 11.3 Å². The molecule has 0 saturated heterocycles. The average Bonchev–Trinajstić information content (AvgIpc) is 3.17. The van der Waals surface area contributed by atoms with Crippen molar-refractivity contribution in [3.05, 3.63) is 52.7 Å². The first-order valence-corrected chi connectivity index (χ1v) is 7.13. The zero-order valence-electron chi connectivity index (χ0n) is 11.1. The number of thiophene rings is 1. The van der Waals surface area contributed by atoms with Crippen LogP contribution in [0.3, 0.4) is 0 Å². The van der Waals surface area contributed by atoms with Crippen molar-refractivity contribution in [2.45, 2.75) is 6.54 Å². The molecule has 8 heteroatoms. The van der Waals surface area contributed by atoms with Crippen LogP contribution in [0.1, 0.15) is 11.4 Å². The summed E-state index contributed by atoms with van der Waals surface area (Å²) in [5.74, 6) is -0.664. The molecule has 3 rings (SSSR count). The minimum absolute atomic E-state index is 0.0693. The quantitative estimate of drug-likeness (QED) is 0.774. The molecule has 22 heavy (non-hydrogen) atoms. The van der Waals surface area contributed by atoms with Gasteiger partial charge in [-0.2, -0.15) is 10.4 Å². The number of aromatic amines is 1. The van der Waals surface area contributed by atoms with E-state index in [0.717, 1.165) is 17.0 Å². The monoisotopic (exact) mass is 317 g/mol. The lowest BCUT2D eigenvalue weighted by Gasteiger charge is -2.07. The fraction of sp³-hybridized carbons (Fsp3) is 0.0714. The SMILES string of the molecule is N#Cc1cc(F)c(NCc2nc(-c3cccs3)n[nH]2)c(F)c1. The maximum Gasteiger partial charge on any atom is 0.191 e. The maximum absolute atomic E-state index is 13.7. The summed E-state index contributed by atoms with van der Waals surface area (Å²) in [7, 11) is 0. The molecule has 110 valence electrons. The molecule has 0 fully saturated rings. The van der Waals surface area contributed by atoms with E-state index in [1.54, 1.807) is 6.07 Å². The summed E-state index contributed by atoms with van der Waals surface area (Å²) in [5.41, 5.74) is -0.367. The normalized spacial score (nSPS) is 10.4. The summed E-state index contributed by atoms with van der Waals surface area (Å²) in [4.78, 5) is 5.15. The minimum atomic E-state index is -0.824. The summed E-state index contributed by atoms with van der Waals surface area (Å²) < 4.78 is 27.5. The molecule has 2 aromatic heterocycles. The number of nitrogens with one attached hydrogen (secondary N) is 2. The van der Waals surface area contributed by atoms with E-state index < -0.39 is 11.6 Å². The highest BCUT2D eigenvalue weighted by Crippen LogP contribution is 2.22. The number of hydrogen-bond acceptors (Lipinski definition) is 5. The Balaban J connectivity index is 1.75. The summed E-state index contributed by atoms with van der Waals surface area (Å²) in [6.07, 6.45) is 0. The van der Waals surface area contributed by atoms with Crippen molar-refractivity contribution in [1.29, 1.82) is 5.26 Å². The van der Waals surface area contributed by atoms with Gasteiger partial charge in [-0.05, 0) is 23.6 Å². The number of aromatic nitrogens is 3. The average molecular weight is 317 g/mol. The third-order valence-electron chi connectivity index (χ3n) is 2.88. The van der Waals surface area contributed by atoms with Gasteiger partial charge in [0.05, 0.1) is 23.1 Å². The molecule has 3 aromatic rings. The lowest BCUT2D eigenvalue weighted by Crippen LogP contribution is -2.05. The summed E-state index contributed by atoms with van der Waals surface area (Å²) >= 11 is 1.50. The highest BCUT2D eigenvalue weighted by molar-refractivity contribution is 7.13. The second-order valence-electron chi connectivity index (χ2n) is 4.36. The molecule has 0 unspecified atom stereocenters. The van der Waals surface area contributed by atoms with E-state index in [0.29, 0.717) is 11.6 Å². The Kier molecular flexibility index (Phi) is 3.80. The number of rotatable bonds is 4. The van der Waals surface area contributed by atoms with Crippen molar-refractivity contribution in [2.24, 2.45) is 0 Å². The van der Waals surface area contributed by atoms with Gasteiger partial charge in [-0.3, -0.25) is 5.10 Å². The van der Waals surface area contributed by atoms with Gasteiger partial charge in [0.1, 0.15) is 11.5 Å². The molecule has 0 radical (unpaired) electrons. The zero-order valence-corrected chi connectivity index (χ0v) is 11.9. The van der Waals surface area contributed by atoms with Gasteiger partial charge in [-0.1, -0.05) is 6.07 Å². The van der Waals surface area contributed by atoms with Crippen molar-refractivity contribution in [2.75, 3.05) is 5.32 Å². The highest BCUT2D eigenvalue weighted by Gasteiger charge is 2.12. The molecule has 1 aromatic carbocycles. The van der Waals surface area contributed by atoms with Crippen LogP contribution in [0, 0.1) is 23.0 Å². The summed E-state index contributed by atoms with van der Waals surface area (Å²) in [6.45, 7) is 0.0815. The van der Waals surface area contributed by atoms with Gasteiger partial charge in [-0.15, -0.1) is 11.3 Å². The second kappa shape index (κ2) is 5.91. The molecule has 0 aliphatic heterocycles. The van der Waals surface area contributed by atoms with Gasteiger partial charge in [0.2, 0.25) is 0 Å². The van der Waals surface area contributed by atoms with Crippen LogP contribution in [0.4, 0.5) is 14.5 Å². The lowest BCUT2D eigenvalue weighted by atomic mass is 10.2. The Morgan fingerprint density at radius 2 is 2.09 bits per heavy atom. The first-order valence-electron chi connectivity index (χ1n) is 6.25. The third kappa shape index (κ3) is 2.80. The van der Waals surface area contributed by atoms with Crippen LogP contribution in [0.25, 0.3) is 10.7 Å². The molecule has 2 heterocycles. The van der Waals surface area contributed by atoms with E-state index >= 15 is 0 Å². The number of halogens is 2. The molecule has 0 saturated carbocycles. The Morgan fingerprint density at radius 1 is 1.32 bits per heavy atom. The number of hydrogen-bond donors (Lipinski definition) is 2. The van der Waals surface area contributed by atoms with Gasteiger partial charge in [0, 0.05) is 0 Å². The van der Waals surface area contributed by atoms with E-state index in [-0.39, 0.29) is 17.8 Å². The van der Waals surface area contributed by atoms with Crippen LogP contribution >= 0.6 is 11.3 Å². The number of benzene rings is 1. The molecule has 0 atom stereocenters. The first kappa shape index (κ1) is 14.2. The fourth-order valence-corrected chi connectivity index (χ4v) is 2.53. The Labute approximate surface area is 128 Å². The number of nitriles is 1. The zero-order chi connectivity index (χ0) is 15.5. The highest BCUT2D eigenvalue weighted by atomic mass is 32.1. The van der Waals surface area contributed by atoms with Crippen molar-refractivity contribution in [3.8, 4) is 16.8 Å². The van der Waals surface area contributed by atoms with Crippen LogP contribution in [0.2, 0.25) is 0 Å². The predicted octanol–water partition coefficient (Wildman–Crippen LogP) is 3.30. The van der Waals surface area contributed by atoms with Crippen molar-refractivity contribution in [3.63, 3.8) is 0 Å². The van der Waals surface area contributed by atoms with Crippen LogP contribution in [0.5, 0.6) is 0 Å². The molecule has 0 spiro atoms. The molecule has 0 bridgehead atoms. The number of anilines is 1. The van der Waals surface area contributed by atoms with Crippen LogP contribution in [-0.2, 0) is 6.54 Å². The number of H-pyrrole nitrogens is 1. The smallest absolute Gasteiger partial charge is 0.191 e. The van der Waals surface area contributed by atoms with Crippen molar-refractivity contribution < 1.29 is 8.78 Å². The van der Waals surface area contributed by atoms with E-state index in [2.05, 4.69) is 20.5 Å². The first-order chi connectivity index (χ1) is 10.7. The van der Waals surface area contributed by atoms with Gasteiger partial charge in [0.15, 0.2) is 17.5 Å². The third-order valence-corrected chi connectivity index (χ3v) is 3.74. The molecular formula is C14H9F2N5S. The summed E-state index contributed by atoms with van der Waals surface area (Å²) in [6, 6.07) is 7.41. The molecule has 5 nitrogen and oxygen atoms in total. The van der Waals surface area contributed by atoms with Gasteiger partial charge >= 0.3 is 0 Å². The Hall–Kier alpha value is -2.79. The van der Waals surface area contributed by atoms with E-state index in [1.807, 2.05) is 17.5 Å². The molecular weight excluding hydrogens is 308 g/mol. The van der Waals surface area contributed by atoms with Gasteiger partial charge in [0.25, 0.3) is 0 Å². The number of nitrogens with zero attached hydrogens (tertiary/aromatic N) is 3. The Morgan fingerprint density at radius 3 is 2.73 bits per heavy atom. The fourth-order valence-electron chi connectivity index (χ4n) is 1.87. The predicted molar refractivity (Wildman–Crippen MR) is 78.1 cm³/mol. The standard InChI is InChI=1S/C14H9F2N5S/c15-9-4-8(6-17)5-10(16)13(9)18-7-12-19-14(21-20-12)11-2-1-3-22-11/h1-5,18H,7H2,(H,19,20,21). The van der Waals surface area contributed by atoms with E-state index in [9.17, 15) is 8.78 Å². The molecule has 0 amide bonds.